The second-order valence-corrected chi connectivity index (χ2v) is 17.4. The molecule has 0 aromatic heterocycles. The van der Waals surface area contributed by atoms with E-state index in [2.05, 4.69) is 19.2 Å². The van der Waals surface area contributed by atoms with Crippen molar-refractivity contribution < 1.29 is 74.3 Å². The maximum atomic E-state index is 15.1. The monoisotopic (exact) mass is 773 g/mol. The first-order valence-corrected chi connectivity index (χ1v) is 19.3. The second kappa shape index (κ2) is 12.8. The minimum absolute atomic E-state index is 0.133. The molecule has 0 radical (unpaired) electrons. The van der Waals surface area contributed by atoms with E-state index in [1.165, 1.54) is 13.8 Å². The highest BCUT2D eigenvalue weighted by molar-refractivity contribution is 5.14. The molecule has 0 aromatic rings. The lowest BCUT2D eigenvalue weighted by molar-refractivity contribution is -0.598. The van der Waals surface area contributed by atoms with E-state index in [1.54, 1.807) is 13.8 Å². The average molecular weight is 774 g/mol. The van der Waals surface area contributed by atoms with Gasteiger partial charge >= 0.3 is 12.4 Å². The Morgan fingerprint density at radius 1 is 0.547 bits per heavy atom. The normalized spacial score (nSPS) is 53.4. The zero-order chi connectivity index (χ0) is 38.0. The van der Waals surface area contributed by atoms with Crippen LogP contribution in [-0.2, 0) is 48.0 Å². The van der Waals surface area contributed by atoms with Crippen LogP contribution in [0.5, 0.6) is 0 Å². The summed E-state index contributed by atoms with van der Waals surface area (Å²) >= 11 is 0. The molecule has 0 aromatic carbocycles. The van der Waals surface area contributed by atoms with Gasteiger partial charge in [0.2, 0.25) is 11.6 Å². The lowest BCUT2D eigenvalue weighted by Crippen LogP contribution is -2.76. The summed E-state index contributed by atoms with van der Waals surface area (Å²) in [5.74, 6) is -12.2. The molecule has 11 nitrogen and oxygen atoms in total. The van der Waals surface area contributed by atoms with Gasteiger partial charge in [0.25, 0.3) is 11.6 Å². The Labute approximate surface area is 305 Å². The second-order valence-electron chi connectivity index (χ2n) is 17.4. The average Bonchev–Trinajstić information content (AvgIpc) is 3.45. The van der Waals surface area contributed by atoms with Crippen LogP contribution >= 0.6 is 0 Å². The summed E-state index contributed by atoms with van der Waals surface area (Å²) in [7, 11) is 0. The molecule has 10 fully saturated rings. The third-order valence-corrected chi connectivity index (χ3v) is 14.5. The Bertz CT molecular complexity index is 1290. The summed E-state index contributed by atoms with van der Waals surface area (Å²) in [6.45, 7) is 9.12. The third kappa shape index (κ3) is 5.55. The molecule has 17 heteroatoms. The van der Waals surface area contributed by atoms with Crippen molar-refractivity contribution in [3.63, 3.8) is 0 Å². The molecule has 8 saturated heterocycles. The third-order valence-electron chi connectivity index (χ3n) is 14.5. The van der Waals surface area contributed by atoms with Gasteiger partial charge < -0.3 is 33.7 Å². The van der Waals surface area contributed by atoms with Crippen LogP contribution in [0.15, 0.2) is 0 Å². The van der Waals surface area contributed by atoms with Crippen molar-refractivity contribution >= 4 is 0 Å². The molecule has 1 N–H and O–H groups in total. The van der Waals surface area contributed by atoms with Crippen LogP contribution in [0.4, 0.5) is 26.3 Å². The number of halogens is 6. The van der Waals surface area contributed by atoms with Gasteiger partial charge in [-0.25, -0.2) is 19.6 Å². The highest BCUT2D eigenvalue weighted by atomic mass is 19.4. The Kier molecular flexibility index (Phi) is 9.43. The van der Waals surface area contributed by atoms with Gasteiger partial charge in [0.1, 0.15) is 0 Å². The van der Waals surface area contributed by atoms with Crippen LogP contribution in [0.25, 0.3) is 0 Å². The molecule has 10 rings (SSSR count). The molecule has 0 amide bonds. The Hall–Kier alpha value is -0.860. The fourth-order valence-corrected chi connectivity index (χ4v) is 11.7. The summed E-state index contributed by atoms with van der Waals surface area (Å²) < 4.78 is 126. The summed E-state index contributed by atoms with van der Waals surface area (Å²) in [6, 6.07) is 0. The summed E-state index contributed by atoms with van der Waals surface area (Å²) in [4.78, 5) is 23.4. The van der Waals surface area contributed by atoms with E-state index in [0.29, 0.717) is 51.4 Å². The molecule has 8 heterocycles. The molecule has 16 atom stereocenters. The fourth-order valence-electron chi connectivity index (χ4n) is 11.7. The van der Waals surface area contributed by atoms with Gasteiger partial charge in [-0.15, -0.1) is 0 Å². The Morgan fingerprint density at radius 3 is 1.32 bits per heavy atom. The summed E-state index contributed by atoms with van der Waals surface area (Å²) in [6.07, 6.45) is -8.18. The van der Waals surface area contributed by atoms with Crippen LogP contribution in [0.3, 0.4) is 0 Å². The van der Waals surface area contributed by atoms with Gasteiger partial charge in [-0.3, -0.25) is 0 Å². The number of rotatable bonds is 8. The SMILES string of the molecule is C[C@@H]1CC[C@H]2[C@@H](C)[C@](OCCNCCO[C@@]3(C(F)(F)F)O[C@@H]4O[C@]5(C)CC[C@H]6[C@H](C)CC[C@@H]([C@H]3C)[C@@]46OO5)(C(F)(F)F)O[C@@H]3O[C@]4(C)CC[C@@H]1[C@]32OO4. The van der Waals surface area contributed by atoms with Gasteiger partial charge in [-0.1, -0.05) is 27.7 Å². The zero-order valence-electron chi connectivity index (χ0n) is 31.1. The van der Waals surface area contributed by atoms with Gasteiger partial charge in [0.05, 0.1) is 13.2 Å². The van der Waals surface area contributed by atoms with Crippen molar-refractivity contribution in [3.05, 3.63) is 0 Å². The van der Waals surface area contributed by atoms with E-state index < -0.39 is 96.2 Å². The molecule has 10 aliphatic rings. The number of alkyl halides is 6. The van der Waals surface area contributed by atoms with Gasteiger partial charge in [0, 0.05) is 49.6 Å². The predicted octanol–water partition coefficient (Wildman–Crippen LogP) is 6.89. The zero-order valence-corrected chi connectivity index (χ0v) is 31.1. The lowest BCUT2D eigenvalue weighted by atomic mass is 9.57. The van der Waals surface area contributed by atoms with E-state index in [0.717, 1.165) is 0 Å². The Morgan fingerprint density at radius 2 is 0.943 bits per heavy atom. The number of hydrogen-bond acceptors (Lipinski definition) is 11. The van der Waals surface area contributed by atoms with E-state index in [-0.39, 0.29) is 36.8 Å². The molecule has 53 heavy (non-hydrogen) atoms. The molecule has 8 aliphatic heterocycles. The smallest absolute Gasteiger partial charge is 0.341 e. The highest BCUT2D eigenvalue weighted by Crippen LogP contribution is 2.66. The first-order chi connectivity index (χ1) is 24.8. The molecule has 0 unspecified atom stereocenters. The van der Waals surface area contributed by atoms with Crippen molar-refractivity contribution in [2.24, 2.45) is 47.3 Å². The van der Waals surface area contributed by atoms with E-state index >= 15 is 26.3 Å². The number of fused-ring (bicyclic) bond motifs is 4. The van der Waals surface area contributed by atoms with E-state index in [4.69, 9.17) is 48.0 Å². The molecule has 2 aliphatic carbocycles. The first-order valence-electron chi connectivity index (χ1n) is 19.3. The van der Waals surface area contributed by atoms with Crippen LogP contribution in [0.2, 0.25) is 0 Å². The van der Waals surface area contributed by atoms with Crippen LogP contribution in [0, 0.1) is 47.3 Å². The van der Waals surface area contributed by atoms with Crippen molar-refractivity contribution in [1.29, 1.82) is 0 Å². The van der Waals surface area contributed by atoms with E-state index in [1.807, 2.05) is 0 Å². The minimum atomic E-state index is -4.95. The standard InChI is InChI=1S/C36H53F6NO10/c1-19-7-9-25-21(3)33(35(37,38)39,48-27-31(25)23(19)11-13-29(5,46-27)50-52-31)44-17-15-43-16-18-45-34(36(40,41)42)22(4)26-10-8-20(2)24-12-14-30(6)47-28(49-34)32(24,26)53-51-30/h19-28,43H,7-18H2,1-6H3/t19-,20-,21-,22-,23+,24+,25+,26+,27+,28+,29+,30+,31-,32-,33-,34-/m1/s1. The Balaban J connectivity index is 0.938. The van der Waals surface area contributed by atoms with E-state index in [9.17, 15) is 0 Å². The van der Waals surface area contributed by atoms with Gasteiger partial charge in [0.15, 0.2) is 23.8 Å². The van der Waals surface area contributed by atoms with Gasteiger partial charge in [-0.2, -0.15) is 26.3 Å². The number of hydrogen-bond donors (Lipinski definition) is 1. The fraction of sp³-hybridized carbons (Fsp3) is 1.00. The van der Waals surface area contributed by atoms with Crippen molar-refractivity contribution in [3.8, 4) is 0 Å². The van der Waals surface area contributed by atoms with Crippen molar-refractivity contribution in [2.75, 3.05) is 26.3 Å². The highest BCUT2D eigenvalue weighted by Gasteiger charge is 2.79. The topological polar surface area (TPSA) is 104 Å². The molecule has 2 saturated carbocycles. The number of nitrogens with one attached hydrogen (secondary N) is 1. The summed E-state index contributed by atoms with van der Waals surface area (Å²) in [5.41, 5.74) is -2.44. The molecular formula is C36H53F6NO10. The van der Waals surface area contributed by atoms with Crippen LogP contribution in [0.1, 0.15) is 92.9 Å². The largest absolute Gasteiger partial charge is 0.443 e. The van der Waals surface area contributed by atoms with Gasteiger partial charge in [-0.05, 0) is 76.0 Å². The maximum Gasteiger partial charge on any atom is 0.443 e. The summed E-state index contributed by atoms with van der Waals surface area (Å²) in [5, 5.41) is 2.88. The molecular weight excluding hydrogens is 720 g/mol. The number of ether oxygens (including phenoxy) is 6. The van der Waals surface area contributed by atoms with Crippen LogP contribution in [-0.4, -0.2) is 85.6 Å². The predicted molar refractivity (Wildman–Crippen MR) is 168 cm³/mol. The first kappa shape index (κ1) is 39.0. The molecule has 2 spiro atoms. The van der Waals surface area contributed by atoms with Crippen molar-refractivity contribution in [2.45, 2.75) is 152 Å². The van der Waals surface area contributed by atoms with Crippen LogP contribution < -0.4 is 5.32 Å². The minimum Gasteiger partial charge on any atom is -0.341 e. The lowest BCUT2D eigenvalue weighted by Gasteiger charge is -2.63. The van der Waals surface area contributed by atoms with Crippen molar-refractivity contribution in [1.82, 2.24) is 5.32 Å². The molecule has 304 valence electrons. The maximum absolute atomic E-state index is 15.1. The quantitative estimate of drug-likeness (QED) is 0.159. The molecule has 4 bridgehead atoms.